The molecule has 0 aromatic carbocycles. The molecule has 7 atom stereocenters. The summed E-state index contributed by atoms with van der Waals surface area (Å²) in [7, 11) is 2.90. The number of aliphatic hydroxyl groups is 6. The van der Waals surface area contributed by atoms with Crippen LogP contribution in [0.25, 0.3) is 0 Å². The Morgan fingerprint density at radius 1 is 1.19 bits per heavy atom. The topological polar surface area (TPSA) is 288 Å². The number of guanidine groups is 1. The van der Waals surface area contributed by atoms with Crippen LogP contribution in [0.5, 0.6) is 0 Å². The molecule has 1 saturated carbocycles. The van der Waals surface area contributed by atoms with Gasteiger partial charge in [0.25, 0.3) is 0 Å². The van der Waals surface area contributed by atoms with Crippen molar-refractivity contribution in [2.45, 2.75) is 80.5 Å². The van der Waals surface area contributed by atoms with Crippen molar-refractivity contribution in [1.82, 2.24) is 15.5 Å². The smallest absolute Gasteiger partial charge is 0.340 e. The Hall–Kier alpha value is -3.89. The number of hydrogen-bond acceptors (Lipinski definition) is 16. The summed E-state index contributed by atoms with van der Waals surface area (Å²) in [6, 6.07) is 0. The number of carboxylic acids is 1. The minimum atomic E-state index is -3.00. The van der Waals surface area contributed by atoms with Gasteiger partial charge in [0.1, 0.15) is 35.7 Å². The number of nitrogens with zero attached hydrogens (tertiary/aromatic N) is 2. The molecule has 0 radical (unpaired) electrons. The number of nitrogens with two attached hydrogens (primary N) is 1. The summed E-state index contributed by atoms with van der Waals surface area (Å²) in [6.07, 6.45) is 0.861. The van der Waals surface area contributed by atoms with E-state index in [0.717, 1.165) is 25.5 Å². The van der Waals surface area contributed by atoms with Crippen LogP contribution in [0, 0.1) is 5.92 Å². The maximum absolute atomic E-state index is 13.8. The third-order valence-corrected chi connectivity index (χ3v) is 9.40. The van der Waals surface area contributed by atoms with Gasteiger partial charge in [0.05, 0.1) is 37.1 Å². The number of carbonyl (C=O) groups is 2. The highest BCUT2D eigenvalue weighted by Crippen LogP contribution is 2.41. The number of nitrogens with one attached hydrogen (secondary N) is 2. The van der Waals surface area contributed by atoms with Gasteiger partial charge in [0.2, 0.25) is 12.1 Å². The summed E-state index contributed by atoms with van der Waals surface area (Å²) >= 11 is 0. The Morgan fingerprint density at radius 2 is 1.91 bits per heavy atom. The lowest BCUT2D eigenvalue weighted by Crippen LogP contribution is -2.69. The van der Waals surface area contributed by atoms with Crippen molar-refractivity contribution in [2.24, 2.45) is 16.6 Å². The van der Waals surface area contributed by atoms with Crippen LogP contribution in [0.3, 0.4) is 0 Å². The van der Waals surface area contributed by atoms with E-state index in [0.29, 0.717) is 12.8 Å². The fraction of sp³-hybridized carbons (Fsp3) is 0.618. The number of aliphatic carboxylic acids is 1. The molecule has 0 spiro atoms. The number of β-amino-alcohol motifs (C(OH)–C–C–N with tert-alkyl or cyclic N) is 1. The summed E-state index contributed by atoms with van der Waals surface area (Å²) in [5.41, 5.74) is 3.26. The van der Waals surface area contributed by atoms with E-state index in [9.17, 15) is 45.3 Å². The standard InChI is InChI=1S/C34H51N5O14/c1-4-22-30(53-31-27(50-18-36-2)34(47,48)26(42)24(16-41)52-31)49-17-23(29(45)51-20-8-6-5-7-9-20)33(22,46)11-10-19-14-39(12-13-40)15-21(28(43)44)25(19)38-32(35)37-3/h4,10-11,15,17,20,22,24,26-27,30-31,36,40-42,46-48H,1,5-9,12-14,16,18H2,2-3H3,(H,43,44)(H3,35,37,38). The minimum absolute atomic E-state index is 0.0182. The maximum Gasteiger partial charge on any atom is 0.340 e. The van der Waals surface area contributed by atoms with E-state index in [1.165, 1.54) is 43.4 Å². The van der Waals surface area contributed by atoms with Crippen LogP contribution in [-0.2, 0) is 33.3 Å². The minimum Gasteiger partial charge on any atom is -0.478 e. The van der Waals surface area contributed by atoms with Crippen molar-refractivity contribution in [3.63, 3.8) is 0 Å². The number of esters is 1. The van der Waals surface area contributed by atoms with Crippen molar-refractivity contribution in [2.75, 3.05) is 47.1 Å². The van der Waals surface area contributed by atoms with E-state index in [-0.39, 0.29) is 54.8 Å². The van der Waals surface area contributed by atoms with E-state index < -0.39 is 72.8 Å². The lowest BCUT2D eigenvalue weighted by molar-refractivity contribution is -0.412. The molecule has 0 aromatic heterocycles. The molecule has 0 aromatic rings. The summed E-state index contributed by atoms with van der Waals surface area (Å²) in [5.74, 6) is -6.74. The molecule has 3 heterocycles. The Kier molecular flexibility index (Phi) is 14.6. The van der Waals surface area contributed by atoms with Crippen LogP contribution in [0.4, 0.5) is 0 Å². The molecule has 0 bridgehead atoms. The molecular weight excluding hydrogens is 702 g/mol. The summed E-state index contributed by atoms with van der Waals surface area (Å²) in [6.45, 7) is 2.50. The van der Waals surface area contributed by atoms with E-state index in [1.807, 2.05) is 0 Å². The third kappa shape index (κ3) is 9.44. The predicted octanol–water partition coefficient (Wildman–Crippen LogP) is -2.41. The molecule has 19 nitrogen and oxygen atoms in total. The molecule has 0 amide bonds. The van der Waals surface area contributed by atoms with Crippen molar-refractivity contribution < 1.29 is 69.0 Å². The first-order chi connectivity index (χ1) is 25.2. The average molecular weight is 754 g/mol. The summed E-state index contributed by atoms with van der Waals surface area (Å²) in [4.78, 5) is 31.6. The van der Waals surface area contributed by atoms with Crippen LogP contribution in [-0.4, -0.2) is 154 Å². The second-order valence-corrected chi connectivity index (χ2v) is 13.0. The Balaban J connectivity index is 1.80. The highest BCUT2D eigenvalue weighted by molar-refractivity contribution is 5.95. The molecule has 2 fully saturated rings. The second kappa shape index (κ2) is 18.4. The number of hydrogen-bond donors (Lipinski definition) is 10. The largest absolute Gasteiger partial charge is 0.478 e. The number of aliphatic hydroxyl groups excluding tert-OH is 3. The van der Waals surface area contributed by atoms with Gasteiger partial charge in [-0.15, -0.1) is 6.58 Å². The molecule has 4 aliphatic rings. The summed E-state index contributed by atoms with van der Waals surface area (Å²) < 4.78 is 28.8. The molecule has 19 heteroatoms. The number of carboxylic acid groups (broad SMARTS) is 1. The van der Waals surface area contributed by atoms with Gasteiger partial charge in [-0.25, -0.2) is 9.59 Å². The first-order valence-corrected chi connectivity index (χ1v) is 17.2. The van der Waals surface area contributed by atoms with Gasteiger partial charge >= 0.3 is 11.9 Å². The Bertz CT molecular complexity index is 1470. The van der Waals surface area contributed by atoms with E-state index in [4.69, 9.17) is 29.4 Å². The molecule has 4 rings (SSSR count). The van der Waals surface area contributed by atoms with Gasteiger partial charge < -0.3 is 75.4 Å². The molecule has 3 aliphatic heterocycles. The van der Waals surface area contributed by atoms with Gasteiger partial charge in [-0.3, -0.25) is 10.3 Å². The number of aliphatic imine (C=N–C) groups is 1. The van der Waals surface area contributed by atoms with Gasteiger partial charge in [-0.05, 0) is 44.4 Å². The maximum atomic E-state index is 13.8. The van der Waals surface area contributed by atoms with Crippen LogP contribution in [0.1, 0.15) is 32.1 Å². The highest BCUT2D eigenvalue weighted by atomic mass is 16.8. The number of carbonyl (C=O) groups excluding carboxylic acids is 1. The van der Waals surface area contributed by atoms with Gasteiger partial charge in [-0.1, -0.05) is 18.6 Å². The monoisotopic (exact) mass is 753 g/mol. The molecule has 1 saturated heterocycles. The zero-order valence-electron chi connectivity index (χ0n) is 29.7. The molecular formula is C34H51N5O14. The molecule has 11 N–H and O–H groups in total. The fourth-order valence-corrected chi connectivity index (χ4v) is 6.53. The van der Waals surface area contributed by atoms with Crippen molar-refractivity contribution in [3.05, 3.63) is 59.7 Å². The first kappa shape index (κ1) is 41.9. The second-order valence-electron chi connectivity index (χ2n) is 13.0. The van der Waals surface area contributed by atoms with Crippen LogP contribution < -0.4 is 16.4 Å². The Labute approximate surface area is 306 Å². The predicted molar refractivity (Wildman–Crippen MR) is 185 cm³/mol. The normalized spacial score (nSPS) is 31.1. The zero-order valence-corrected chi connectivity index (χ0v) is 29.7. The van der Waals surface area contributed by atoms with Gasteiger partial charge in [0.15, 0.2) is 18.4 Å². The quantitative estimate of drug-likeness (QED) is 0.0274. The molecule has 1 aliphatic carbocycles. The van der Waals surface area contributed by atoms with Crippen LogP contribution >= 0.6 is 0 Å². The van der Waals surface area contributed by atoms with E-state index in [2.05, 4.69) is 22.2 Å². The van der Waals surface area contributed by atoms with Gasteiger partial charge in [-0.2, -0.15) is 0 Å². The van der Waals surface area contributed by atoms with Crippen molar-refractivity contribution in [1.29, 1.82) is 0 Å². The fourth-order valence-electron chi connectivity index (χ4n) is 6.53. The number of ether oxygens (including phenoxy) is 5. The zero-order chi connectivity index (χ0) is 38.9. The average Bonchev–Trinajstić information content (AvgIpc) is 3.13. The Morgan fingerprint density at radius 3 is 2.51 bits per heavy atom. The van der Waals surface area contributed by atoms with Crippen molar-refractivity contribution >= 4 is 17.9 Å². The molecule has 53 heavy (non-hydrogen) atoms. The van der Waals surface area contributed by atoms with Crippen molar-refractivity contribution in [3.8, 4) is 0 Å². The van der Waals surface area contributed by atoms with Crippen LogP contribution in [0.2, 0.25) is 0 Å². The summed E-state index contributed by atoms with van der Waals surface area (Å²) in [5, 5.41) is 79.8. The lowest BCUT2D eigenvalue weighted by atomic mass is 9.78. The van der Waals surface area contributed by atoms with E-state index >= 15 is 0 Å². The third-order valence-electron chi connectivity index (χ3n) is 9.40. The lowest BCUT2D eigenvalue weighted by Gasteiger charge is -2.48. The highest BCUT2D eigenvalue weighted by Gasteiger charge is 2.58. The first-order valence-electron chi connectivity index (χ1n) is 17.2. The number of rotatable bonds is 15. The van der Waals surface area contributed by atoms with Crippen LogP contribution in [0.15, 0.2) is 64.7 Å². The van der Waals surface area contributed by atoms with Gasteiger partial charge in [0, 0.05) is 26.3 Å². The van der Waals surface area contributed by atoms with E-state index in [1.54, 1.807) is 0 Å². The molecule has 296 valence electrons. The SMILES string of the molecule is C=CC1C(OC2OC(CO)C(O)C(O)(O)C2OCNC)OC=C(C(=O)OC2CCCCC2)C1(O)C=CC1=C(NC(N)=NC)C(C(=O)O)=CN(CCO)C1. The molecule has 7 unspecified atom stereocenters.